The number of urea groups is 1. The maximum absolute atomic E-state index is 12.8. The molecule has 1 aromatic heterocycles. The smallest absolute Gasteiger partial charge is 0.324 e. The first-order valence-electron chi connectivity index (χ1n) is 9.23. The van der Waals surface area contributed by atoms with E-state index in [0.29, 0.717) is 28.5 Å². The molecule has 1 saturated carbocycles. The Morgan fingerprint density at radius 3 is 2.61 bits per heavy atom. The van der Waals surface area contributed by atoms with Gasteiger partial charge in [-0.3, -0.25) is 14.9 Å². The van der Waals surface area contributed by atoms with Crippen LogP contribution < -0.4 is 10.6 Å². The number of hydrogen-bond acceptors (Lipinski definition) is 4. The Kier molecular flexibility index (Phi) is 4.80. The maximum atomic E-state index is 12.8. The van der Waals surface area contributed by atoms with E-state index in [-0.39, 0.29) is 24.4 Å². The number of anilines is 2. The molecular formula is C20H21N3O4S. The summed E-state index contributed by atoms with van der Waals surface area (Å²) >= 11 is 1.19. The number of carbonyl (C=O) groups is 3. The predicted octanol–water partition coefficient (Wildman–Crippen LogP) is 3.72. The van der Waals surface area contributed by atoms with Crippen LogP contribution in [0, 0.1) is 11.3 Å². The van der Waals surface area contributed by atoms with Crippen LogP contribution in [0.3, 0.4) is 0 Å². The number of likely N-dealkylation sites (tertiary alicyclic amines) is 1. The van der Waals surface area contributed by atoms with Crippen LogP contribution in [-0.4, -0.2) is 41.0 Å². The van der Waals surface area contributed by atoms with Gasteiger partial charge in [0.25, 0.3) is 5.91 Å². The van der Waals surface area contributed by atoms with Crippen LogP contribution >= 0.6 is 11.3 Å². The summed E-state index contributed by atoms with van der Waals surface area (Å²) in [5, 5.41) is 15.7. The molecule has 1 aliphatic heterocycles. The zero-order valence-electron chi connectivity index (χ0n) is 15.2. The van der Waals surface area contributed by atoms with Crippen molar-refractivity contribution in [3.63, 3.8) is 0 Å². The maximum Gasteiger partial charge on any atom is 0.324 e. The van der Waals surface area contributed by atoms with E-state index in [9.17, 15) is 19.5 Å². The molecule has 1 saturated heterocycles. The molecule has 2 heterocycles. The van der Waals surface area contributed by atoms with Crippen molar-refractivity contribution in [2.45, 2.75) is 19.3 Å². The minimum atomic E-state index is -0.795. The van der Waals surface area contributed by atoms with Crippen molar-refractivity contribution in [2.24, 2.45) is 11.3 Å². The van der Waals surface area contributed by atoms with Gasteiger partial charge < -0.3 is 15.3 Å². The van der Waals surface area contributed by atoms with Crippen LogP contribution in [0.25, 0.3) is 0 Å². The number of hydrogen-bond donors (Lipinski definition) is 3. The van der Waals surface area contributed by atoms with E-state index in [0.717, 1.165) is 12.8 Å². The van der Waals surface area contributed by atoms with Gasteiger partial charge in [-0.15, -0.1) is 11.3 Å². The van der Waals surface area contributed by atoms with Crippen LogP contribution in [0.1, 0.15) is 28.9 Å². The number of benzene rings is 1. The number of aliphatic carboxylic acids is 1. The molecule has 2 aromatic rings. The highest BCUT2D eigenvalue weighted by Crippen LogP contribution is 2.49. The fourth-order valence-corrected chi connectivity index (χ4v) is 5.13. The summed E-state index contributed by atoms with van der Waals surface area (Å²) < 4.78 is 0. The quantitative estimate of drug-likeness (QED) is 0.730. The van der Waals surface area contributed by atoms with Gasteiger partial charge in [0.1, 0.15) is 0 Å². The number of carboxylic acid groups (broad SMARTS) is 1. The third-order valence-corrected chi connectivity index (χ3v) is 6.66. The molecule has 0 bridgehead atoms. The largest absolute Gasteiger partial charge is 0.481 e. The molecular weight excluding hydrogens is 378 g/mol. The number of carbonyl (C=O) groups excluding carboxylic acids is 2. The van der Waals surface area contributed by atoms with Gasteiger partial charge in [-0.2, -0.15) is 0 Å². The molecule has 0 radical (unpaired) electrons. The summed E-state index contributed by atoms with van der Waals surface area (Å²) in [6, 6.07) is 12.1. The van der Waals surface area contributed by atoms with E-state index in [2.05, 4.69) is 10.6 Å². The van der Waals surface area contributed by atoms with Crippen molar-refractivity contribution >= 4 is 39.9 Å². The van der Waals surface area contributed by atoms with E-state index < -0.39 is 11.4 Å². The zero-order chi connectivity index (χ0) is 19.7. The van der Waals surface area contributed by atoms with Gasteiger partial charge in [0.15, 0.2) is 0 Å². The van der Waals surface area contributed by atoms with Gasteiger partial charge >= 0.3 is 12.0 Å². The Balaban J connectivity index is 1.40. The SMILES string of the molecule is O=C(Nc1ccccc1)Nc1ccc(C(=O)N2C[C@@H]3CCC[C@@]3(C(=O)O)C2)s1. The summed E-state index contributed by atoms with van der Waals surface area (Å²) in [4.78, 5) is 38.9. The van der Waals surface area contributed by atoms with Crippen molar-refractivity contribution in [1.82, 2.24) is 4.90 Å². The summed E-state index contributed by atoms with van der Waals surface area (Å²) in [5.41, 5.74) is -0.112. The second kappa shape index (κ2) is 7.27. The Bertz CT molecular complexity index is 913. The highest BCUT2D eigenvalue weighted by atomic mass is 32.1. The van der Waals surface area contributed by atoms with Gasteiger partial charge in [-0.1, -0.05) is 24.6 Å². The summed E-state index contributed by atoms with van der Waals surface area (Å²) in [6.45, 7) is 0.751. The molecule has 3 N–H and O–H groups in total. The number of nitrogens with one attached hydrogen (secondary N) is 2. The number of nitrogens with zero attached hydrogens (tertiary/aromatic N) is 1. The van der Waals surface area contributed by atoms with Gasteiger partial charge in [0.05, 0.1) is 15.3 Å². The van der Waals surface area contributed by atoms with Gasteiger partial charge in [-0.05, 0) is 43.0 Å². The Hall–Kier alpha value is -2.87. The van der Waals surface area contributed by atoms with Crippen molar-refractivity contribution in [3.8, 4) is 0 Å². The van der Waals surface area contributed by atoms with E-state index in [1.54, 1.807) is 29.2 Å². The Labute approximate surface area is 166 Å². The van der Waals surface area contributed by atoms with Gasteiger partial charge in [-0.25, -0.2) is 4.79 Å². The fourth-order valence-electron chi connectivity index (χ4n) is 4.27. The highest BCUT2D eigenvalue weighted by Gasteiger charge is 2.55. The Morgan fingerprint density at radius 2 is 1.89 bits per heavy atom. The lowest BCUT2D eigenvalue weighted by Gasteiger charge is -2.23. The molecule has 2 atom stereocenters. The summed E-state index contributed by atoms with van der Waals surface area (Å²) in [6.07, 6.45) is 2.39. The number of rotatable bonds is 4. The van der Waals surface area contributed by atoms with E-state index in [1.165, 1.54) is 11.3 Å². The third kappa shape index (κ3) is 3.35. The molecule has 1 aliphatic carbocycles. The van der Waals surface area contributed by atoms with Crippen molar-refractivity contribution in [1.29, 1.82) is 0 Å². The summed E-state index contributed by atoms with van der Waals surface area (Å²) in [5.74, 6) is -0.934. The van der Waals surface area contributed by atoms with E-state index >= 15 is 0 Å². The first-order valence-corrected chi connectivity index (χ1v) is 10.1. The lowest BCUT2D eigenvalue weighted by atomic mass is 9.81. The number of para-hydroxylation sites is 1. The molecule has 1 aromatic carbocycles. The minimum absolute atomic E-state index is 0.0307. The number of thiophene rings is 1. The first-order chi connectivity index (χ1) is 13.5. The van der Waals surface area contributed by atoms with Crippen LogP contribution in [0.15, 0.2) is 42.5 Å². The first kappa shape index (κ1) is 18.5. The number of fused-ring (bicyclic) bond motifs is 1. The summed E-state index contributed by atoms with van der Waals surface area (Å²) in [7, 11) is 0. The normalized spacial score (nSPS) is 23.3. The predicted molar refractivity (Wildman–Crippen MR) is 107 cm³/mol. The molecule has 8 heteroatoms. The molecule has 146 valence electrons. The zero-order valence-corrected chi connectivity index (χ0v) is 16.0. The second-order valence-electron chi connectivity index (χ2n) is 7.35. The molecule has 7 nitrogen and oxygen atoms in total. The second-order valence-corrected chi connectivity index (χ2v) is 8.43. The van der Waals surface area contributed by atoms with Crippen molar-refractivity contribution in [2.75, 3.05) is 23.7 Å². The van der Waals surface area contributed by atoms with Gasteiger partial charge in [0, 0.05) is 18.8 Å². The molecule has 4 rings (SSSR count). The minimum Gasteiger partial charge on any atom is -0.481 e. The molecule has 0 unspecified atom stereocenters. The van der Waals surface area contributed by atoms with Crippen molar-refractivity contribution in [3.05, 3.63) is 47.3 Å². The van der Waals surface area contributed by atoms with E-state index in [1.807, 2.05) is 18.2 Å². The average Bonchev–Trinajstić information content (AvgIpc) is 3.36. The van der Waals surface area contributed by atoms with Crippen LogP contribution in [0.4, 0.5) is 15.5 Å². The molecule has 2 aliphatic rings. The average molecular weight is 399 g/mol. The Morgan fingerprint density at radius 1 is 1.11 bits per heavy atom. The highest BCUT2D eigenvalue weighted by molar-refractivity contribution is 7.18. The number of carboxylic acids is 1. The lowest BCUT2D eigenvalue weighted by molar-refractivity contribution is -0.149. The molecule has 0 spiro atoms. The number of amides is 3. The van der Waals surface area contributed by atoms with Crippen molar-refractivity contribution < 1.29 is 19.5 Å². The van der Waals surface area contributed by atoms with Gasteiger partial charge in [0.2, 0.25) is 0 Å². The molecule has 2 fully saturated rings. The van der Waals surface area contributed by atoms with Crippen LogP contribution in [-0.2, 0) is 4.79 Å². The fraction of sp³-hybridized carbons (Fsp3) is 0.350. The molecule has 28 heavy (non-hydrogen) atoms. The topological polar surface area (TPSA) is 98.7 Å². The van der Waals surface area contributed by atoms with Crippen LogP contribution in [0.5, 0.6) is 0 Å². The molecule has 3 amide bonds. The standard InChI is InChI=1S/C20H21N3O4S/c24-17(23-11-13-5-4-10-20(13,12-23)18(25)26)15-8-9-16(28-15)22-19(27)21-14-6-2-1-3-7-14/h1-3,6-9,13H,4-5,10-12H2,(H,25,26)(H2,21,22,27)/t13-,20+/m0/s1. The monoisotopic (exact) mass is 399 g/mol. The third-order valence-electron chi connectivity index (χ3n) is 5.67. The van der Waals surface area contributed by atoms with Crippen LogP contribution in [0.2, 0.25) is 0 Å². The van der Waals surface area contributed by atoms with E-state index in [4.69, 9.17) is 0 Å². The lowest BCUT2D eigenvalue weighted by Crippen LogP contribution is -2.37.